The van der Waals surface area contributed by atoms with E-state index in [0.717, 1.165) is 36.9 Å². The molecule has 0 unspecified atom stereocenters. The summed E-state index contributed by atoms with van der Waals surface area (Å²) in [6.07, 6.45) is 5.09. The van der Waals surface area contributed by atoms with E-state index in [1.165, 1.54) is 24.6 Å². The Bertz CT molecular complexity index is 1000. The van der Waals surface area contributed by atoms with Gasteiger partial charge in [-0.1, -0.05) is 43.5 Å². The second-order valence-electron chi connectivity index (χ2n) is 8.91. The Morgan fingerprint density at radius 2 is 1.81 bits per heavy atom. The molecular formula is C25H27FN2O3. The minimum atomic E-state index is -0.452. The van der Waals surface area contributed by atoms with E-state index in [-0.39, 0.29) is 47.9 Å². The molecule has 0 aromatic heterocycles. The number of carbonyl (C=O) groups is 2. The van der Waals surface area contributed by atoms with Gasteiger partial charge in [0.15, 0.2) is 0 Å². The molecule has 3 aliphatic rings. The Labute approximate surface area is 181 Å². The monoisotopic (exact) mass is 422 g/mol. The smallest absolute Gasteiger partial charge is 0.258 e. The lowest BCUT2D eigenvalue weighted by Gasteiger charge is -2.59. The predicted molar refractivity (Wildman–Crippen MR) is 115 cm³/mol. The van der Waals surface area contributed by atoms with Crippen molar-refractivity contribution in [1.29, 1.82) is 0 Å². The molecule has 2 heterocycles. The van der Waals surface area contributed by atoms with Gasteiger partial charge in [-0.3, -0.25) is 9.59 Å². The second kappa shape index (κ2) is 8.08. The van der Waals surface area contributed by atoms with Crippen LogP contribution in [0.5, 0.6) is 0 Å². The molecule has 2 aromatic carbocycles. The highest BCUT2D eigenvalue weighted by molar-refractivity contribution is 6.07. The van der Waals surface area contributed by atoms with Crippen molar-refractivity contribution >= 4 is 17.5 Å². The summed E-state index contributed by atoms with van der Waals surface area (Å²) in [5.41, 5.74) is 2.04. The SMILES string of the molecule is O=C(c1cccc(F)c1)N1C[C@H]2[C@@H](c3ccccc31)[C@@H](CO)N2C(=O)C1CCCCC1. The molecule has 2 aliphatic heterocycles. The van der Waals surface area contributed by atoms with Crippen molar-refractivity contribution < 1.29 is 19.1 Å². The fraction of sp³-hybridized carbons (Fsp3) is 0.440. The summed E-state index contributed by atoms with van der Waals surface area (Å²) < 4.78 is 13.8. The van der Waals surface area contributed by atoms with Gasteiger partial charge in [0.1, 0.15) is 5.82 Å². The molecule has 2 amide bonds. The highest BCUT2D eigenvalue weighted by Gasteiger charge is 2.56. The number of fused-ring (bicyclic) bond motifs is 3. The first-order valence-electron chi connectivity index (χ1n) is 11.2. The van der Waals surface area contributed by atoms with Crippen LogP contribution in [0.25, 0.3) is 0 Å². The first kappa shape index (κ1) is 20.2. The molecule has 5 rings (SSSR count). The zero-order chi connectivity index (χ0) is 21.5. The summed E-state index contributed by atoms with van der Waals surface area (Å²) in [6.45, 7) is 0.262. The number of rotatable bonds is 3. The summed E-state index contributed by atoms with van der Waals surface area (Å²) in [6, 6.07) is 13.0. The number of likely N-dealkylation sites (tertiary alicyclic amines) is 1. The fourth-order valence-electron chi connectivity index (χ4n) is 5.72. The molecule has 0 bridgehead atoms. The summed E-state index contributed by atoms with van der Waals surface area (Å²) in [4.78, 5) is 30.2. The standard InChI is InChI=1S/C25H27FN2O3/c26-18-10-6-9-17(13-18)24(30)27-14-21-23(19-11-4-5-12-20(19)27)22(15-29)28(21)25(31)16-7-2-1-3-8-16/h4-6,9-13,16,21-23,29H,1-3,7-8,14-15H2/t21-,22+,23+/m0/s1. The lowest BCUT2D eigenvalue weighted by Crippen LogP contribution is -2.71. The zero-order valence-corrected chi connectivity index (χ0v) is 17.4. The van der Waals surface area contributed by atoms with E-state index in [0.29, 0.717) is 6.54 Å². The first-order valence-corrected chi connectivity index (χ1v) is 11.2. The molecule has 5 nitrogen and oxygen atoms in total. The van der Waals surface area contributed by atoms with Crippen molar-refractivity contribution in [2.24, 2.45) is 5.92 Å². The molecule has 6 heteroatoms. The van der Waals surface area contributed by atoms with Crippen LogP contribution < -0.4 is 4.90 Å². The van der Waals surface area contributed by atoms with Crippen LogP contribution in [0.3, 0.4) is 0 Å². The van der Waals surface area contributed by atoms with Gasteiger partial charge < -0.3 is 14.9 Å². The van der Waals surface area contributed by atoms with Gasteiger partial charge in [-0.2, -0.15) is 0 Å². The van der Waals surface area contributed by atoms with Gasteiger partial charge in [-0.15, -0.1) is 0 Å². The molecule has 1 saturated heterocycles. The van der Waals surface area contributed by atoms with Crippen LogP contribution in [0.2, 0.25) is 0 Å². The normalized spacial score (nSPS) is 25.4. The van der Waals surface area contributed by atoms with Crippen molar-refractivity contribution in [3.8, 4) is 0 Å². The molecular weight excluding hydrogens is 395 g/mol. The number of benzene rings is 2. The van der Waals surface area contributed by atoms with E-state index in [9.17, 15) is 19.1 Å². The molecule has 0 spiro atoms. The molecule has 0 radical (unpaired) electrons. The van der Waals surface area contributed by atoms with E-state index in [1.54, 1.807) is 11.0 Å². The van der Waals surface area contributed by atoms with Crippen LogP contribution in [0.15, 0.2) is 48.5 Å². The topological polar surface area (TPSA) is 60.9 Å². The fourth-order valence-corrected chi connectivity index (χ4v) is 5.72. The van der Waals surface area contributed by atoms with E-state index in [1.807, 2.05) is 29.2 Å². The number of halogens is 1. The van der Waals surface area contributed by atoms with Gasteiger partial charge in [0.2, 0.25) is 5.91 Å². The van der Waals surface area contributed by atoms with Crippen molar-refractivity contribution in [3.05, 3.63) is 65.5 Å². The third-order valence-corrected chi connectivity index (χ3v) is 7.21. The number of carbonyl (C=O) groups excluding carboxylic acids is 2. The van der Waals surface area contributed by atoms with Gasteiger partial charge in [0.05, 0.1) is 18.7 Å². The third-order valence-electron chi connectivity index (χ3n) is 7.21. The second-order valence-corrected chi connectivity index (χ2v) is 8.91. The number of hydrogen-bond donors (Lipinski definition) is 1. The van der Waals surface area contributed by atoms with Crippen molar-refractivity contribution in [2.45, 2.75) is 50.1 Å². The maximum atomic E-state index is 13.8. The van der Waals surface area contributed by atoms with Crippen LogP contribution >= 0.6 is 0 Å². The predicted octanol–water partition coefficient (Wildman–Crippen LogP) is 3.72. The minimum absolute atomic E-state index is 0.00491. The molecule has 2 fully saturated rings. The van der Waals surface area contributed by atoms with Gasteiger partial charge in [0.25, 0.3) is 5.91 Å². The molecule has 2 aromatic rings. The lowest BCUT2D eigenvalue weighted by atomic mass is 9.70. The van der Waals surface area contributed by atoms with E-state index in [2.05, 4.69) is 0 Å². The molecule has 3 atom stereocenters. The molecule has 162 valence electrons. The first-order chi connectivity index (χ1) is 15.1. The van der Waals surface area contributed by atoms with Crippen LogP contribution in [0, 0.1) is 11.7 Å². The Morgan fingerprint density at radius 1 is 1.03 bits per heavy atom. The van der Waals surface area contributed by atoms with Crippen LogP contribution in [0.4, 0.5) is 10.1 Å². The van der Waals surface area contributed by atoms with Crippen molar-refractivity contribution in [1.82, 2.24) is 4.90 Å². The molecule has 31 heavy (non-hydrogen) atoms. The quantitative estimate of drug-likeness (QED) is 0.820. The van der Waals surface area contributed by atoms with E-state index >= 15 is 0 Å². The summed E-state index contributed by atoms with van der Waals surface area (Å²) in [5, 5.41) is 10.1. The number of aliphatic hydroxyl groups excluding tert-OH is 1. The average molecular weight is 423 g/mol. The summed E-state index contributed by atoms with van der Waals surface area (Å²) >= 11 is 0. The van der Waals surface area contributed by atoms with Crippen LogP contribution in [-0.2, 0) is 4.79 Å². The molecule has 1 aliphatic carbocycles. The largest absolute Gasteiger partial charge is 0.394 e. The van der Waals surface area contributed by atoms with Gasteiger partial charge in [-0.05, 0) is 42.7 Å². The maximum absolute atomic E-state index is 13.8. The number of anilines is 1. The minimum Gasteiger partial charge on any atom is -0.394 e. The van der Waals surface area contributed by atoms with Gasteiger partial charge in [-0.25, -0.2) is 4.39 Å². The summed E-state index contributed by atoms with van der Waals surface area (Å²) in [5.74, 6) is -0.605. The van der Waals surface area contributed by atoms with Crippen LogP contribution in [-0.4, -0.2) is 47.1 Å². The number of para-hydroxylation sites is 1. The highest BCUT2D eigenvalue weighted by Crippen LogP contribution is 2.49. The highest BCUT2D eigenvalue weighted by atomic mass is 19.1. The Balaban J connectivity index is 1.49. The average Bonchev–Trinajstić information content (AvgIpc) is 2.79. The van der Waals surface area contributed by atoms with E-state index < -0.39 is 5.82 Å². The van der Waals surface area contributed by atoms with E-state index in [4.69, 9.17) is 0 Å². The zero-order valence-electron chi connectivity index (χ0n) is 17.4. The Hall–Kier alpha value is -2.73. The lowest BCUT2D eigenvalue weighted by molar-refractivity contribution is -0.156. The van der Waals surface area contributed by atoms with Crippen molar-refractivity contribution in [3.63, 3.8) is 0 Å². The molecule has 1 saturated carbocycles. The number of amides is 2. The molecule has 1 N–H and O–H groups in total. The maximum Gasteiger partial charge on any atom is 0.258 e. The summed E-state index contributed by atoms with van der Waals surface area (Å²) in [7, 11) is 0. The van der Waals surface area contributed by atoms with Crippen molar-refractivity contribution in [2.75, 3.05) is 18.1 Å². The van der Waals surface area contributed by atoms with Gasteiger partial charge >= 0.3 is 0 Å². The number of hydrogen-bond acceptors (Lipinski definition) is 3. The Kier molecular flexibility index (Phi) is 5.26. The van der Waals surface area contributed by atoms with Gasteiger partial charge in [0, 0.05) is 29.6 Å². The van der Waals surface area contributed by atoms with Crippen LogP contribution in [0.1, 0.15) is 53.9 Å². The number of nitrogens with zero attached hydrogens (tertiary/aromatic N) is 2. The number of aliphatic hydroxyl groups is 1. The Morgan fingerprint density at radius 3 is 2.55 bits per heavy atom. The third kappa shape index (κ3) is 3.33.